The number of hydrazine groups is 1. The molecule has 0 heterocycles. The van der Waals surface area contributed by atoms with Gasteiger partial charge in [0.15, 0.2) is 0 Å². The Morgan fingerprint density at radius 2 is 1.12 bits per heavy atom. The van der Waals surface area contributed by atoms with Gasteiger partial charge in [-0.05, 0) is 18.1 Å². The van der Waals surface area contributed by atoms with E-state index in [9.17, 15) is 0 Å². The molecule has 0 rings (SSSR count). The number of hydrogen-bond acceptors (Lipinski definition) is 2. The molecular weight excluding hydrogens is 256 g/mol. The van der Waals surface area contributed by atoms with Gasteiger partial charge in [0, 0.05) is 0 Å². The summed E-state index contributed by atoms with van der Waals surface area (Å²) < 4.78 is 2.84. The molecule has 1 N–H and O–H groups in total. The van der Waals surface area contributed by atoms with E-state index in [2.05, 4.69) is 69.5 Å². The maximum absolute atomic E-state index is 3.99. The van der Waals surface area contributed by atoms with Crippen molar-refractivity contribution in [3.8, 4) is 0 Å². The first-order chi connectivity index (χ1) is 7.52. The van der Waals surface area contributed by atoms with E-state index in [0.29, 0.717) is 0 Å². The second-order valence-corrected chi connectivity index (χ2v) is 22.1. The van der Waals surface area contributed by atoms with Crippen LogP contribution in [0.1, 0.15) is 20.8 Å². The van der Waals surface area contributed by atoms with Crippen LogP contribution in [0.3, 0.4) is 0 Å². The minimum Gasteiger partial charge on any atom is -0.292 e. The number of hydrogen-bond donors (Lipinski definition) is 1. The van der Waals surface area contributed by atoms with E-state index in [1.165, 1.54) is 18.1 Å². The normalized spacial score (nSPS) is 14.5. The van der Waals surface area contributed by atoms with Crippen LogP contribution in [0.15, 0.2) is 0 Å². The molecular formula is C12H34N2Si3. The lowest BCUT2D eigenvalue weighted by atomic mass is 10.9. The minimum atomic E-state index is -1.28. The molecule has 0 saturated carbocycles. The molecule has 0 aromatic heterocycles. The topological polar surface area (TPSA) is 15.3 Å². The van der Waals surface area contributed by atoms with Crippen LogP contribution in [-0.4, -0.2) is 29.0 Å². The maximum atomic E-state index is 3.99. The van der Waals surface area contributed by atoms with Gasteiger partial charge in [-0.2, -0.15) is 0 Å². The monoisotopic (exact) mass is 290 g/mol. The predicted octanol–water partition coefficient (Wildman–Crippen LogP) is 4.47. The number of nitrogens with zero attached hydrogens (tertiary/aromatic N) is 1. The number of nitrogens with one attached hydrogen (secondary N) is 1. The minimum absolute atomic E-state index is 1.24. The maximum Gasteiger partial charge on any atom is 0.135 e. The van der Waals surface area contributed by atoms with E-state index in [1.807, 2.05) is 0 Å². The third kappa shape index (κ3) is 4.98. The van der Waals surface area contributed by atoms with Crippen molar-refractivity contribution in [3.05, 3.63) is 0 Å². The van der Waals surface area contributed by atoms with Gasteiger partial charge in [0.25, 0.3) is 0 Å². The van der Waals surface area contributed by atoms with E-state index in [1.54, 1.807) is 0 Å². The van der Waals surface area contributed by atoms with Crippen molar-refractivity contribution in [1.29, 1.82) is 0 Å². The van der Waals surface area contributed by atoms with Crippen molar-refractivity contribution in [2.24, 2.45) is 0 Å². The Morgan fingerprint density at radius 3 is 1.29 bits per heavy atom. The van der Waals surface area contributed by atoms with Crippen molar-refractivity contribution in [3.63, 3.8) is 0 Å². The highest BCUT2D eigenvalue weighted by atomic mass is 28.4. The number of rotatable bonds is 7. The lowest BCUT2D eigenvalue weighted by molar-refractivity contribution is 0.548. The van der Waals surface area contributed by atoms with Crippen molar-refractivity contribution in [2.75, 3.05) is 0 Å². The fourth-order valence-electron chi connectivity index (χ4n) is 2.56. The van der Waals surface area contributed by atoms with Crippen LogP contribution in [0.2, 0.25) is 57.4 Å². The highest BCUT2D eigenvalue weighted by Gasteiger charge is 2.43. The molecule has 0 atom stereocenters. The lowest BCUT2D eigenvalue weighted by Crippen LogP contribution is -2.72. The van der Waals surface area contributed by atoms with Crippen molar-refractivity contribution in [1.82, 2.24) is 9.43 Å². The average Bonchev–Trinajstić information content (AvgIpc) is 2.16. The third-order valence-electron chi connectivity index (χ3n) is 3.57. The van der Waals surface area contributed by atoms with E-state index < -0.39 is 24.7 Å². The largest absolute Gasteiger partial charge is 0.292 e. The molecule has 0 unspecified atom stereocenters. The smallest absolute Gasteiger partial charge is 0.135 e. The summed E-state index contributed by atoms with van der Waals surface area (Å²) in [6.07, 6.45) is 0. The van der Waals surface area contributed by atoms with Crippen LogP contribution >= 0.6 is 0 Å². The second kappa shape index (κ2) is 6.14. The molecule has 0 amide bonds. The van der Waals surface area contributed by atoms with E-state index in [0.717, 1.165) is 0 Å². The summed E-state index contributed by atoms with van der Waals surface area (Å²) in [5.41, 5.74) is 0. The van der Waals surface area contributed by atoms with E-state index in [4.69, 9.17) is 0 Å². The molecule has 0 fully saturated rings. The quantitative estimate of drug-likeness (QED) is 0.550. The van der Waals surface area contributed by atoms with Gasteiger partial charge in [0.05, 0.1) is 0 Å². The molecule has 104 valence electrons. The highest BCUT2D eigenvalue weighted by molar-refractivity contribution is 6.92. The highest BCUT2D eigenvalue weighted by Crippen LogP contribution is 2.29. The molecule has 0 bridgehead atoms. The van der Waals surface area contributed by atoms with Gasteiger partial charge in [-0.25, -0.2) is 0 Å². The second-order valence-electron chi connectivity index (χ2n) is 7.15. The Morgan fingerprint density at radius 1 is 0.765 bits per heavy atom. The summed E-state index contributed by atoms with van der Waals surface area (Å²) in [6.45, 7) is 21.9. The Hall–Kier alpha value is 0.571. The summed E-state index contributed by atoms with van der Waals surface area (Å²) >= 11 is 0. The summed E-state index contributed by atoms with van der Waals surface area (Å²) in [5.74, 6) is 0. The SMILES string of the molecule is CC[Si](CC)(CC)N(N[Si](C)(C)C)[Si](C)(C)C. The molecule has 17 heavy (non-hydrogen) atoms. The van der Waals surface area contributed by atoms with E-state index >= 15 is 0 Å². The zero-order valence-electron chi connectivity index (χ0n) is 13.6. The van der Waals surface area contributed by atoms with Gasteiger partial charge in [-0.1, -0.05) is 60.1 Å². The zero-order chi connectivity index (χ0) is 13.9. The van der Waals surface area contributed by atoms with Crippen LogP contribution < -0.4 is 5.09 Å². The predicted molar refractivity (Wildman–Crippen MR) is 88.9 cm³/mol. The van der Waals surface area contributed by atoms with Crippen LogP contribution in [0.25, 0.3) is 0 Å². The molecule has 0 aromatic carbocycles. The third-order valence-corrected chi connectivity index (χ3v) is 14.8. The van der Waals surface area contributed by atoms with Gasteiger partial charge in [0.1, 0.15) is 24.7 Å². The summed E-state index contributed by atoms with van der Waals surface area (Å²) in [4.78, 5) is 0. The van der Waals surface area contributed by atoms with E-state index in [-0.39, 0.29) is 0 Å². The summed E-state index contributed by atoms with van der Waals surface area (Å²) in [7, 11) is -3.79. The van der Waals surface area contributed by atoms with Crippen LogP contribution in [0, 0.1) is 0 Å². The molecule has 0 aliphatic heterocycles. The Bertz CT molecular complexity index is 219. The van der Waals surface area contributed by atoms with Crippen molar-refractivity contribution >= 4 is 24.7 Å². The molecule has 0 aliphatic rings. The van der Waals surface area contributed by atoms with Gasteiger partial charge in [0.2, 0.25) is 0 Å². The fourth-order valence-corrected chi connectivity index (χ4v) is 17.1. The molecule has 0 aromatic rings. The molecule has 0 spiro atoms. The molecule has 0 aliphatic carbocycles. The van der Waals surface area contributed by atoms with Crippen molar-refractivity contribution < 1.29 is 0 Å². The first kappa shape index (κ1) is 17.6. The van der Waals surface area contributed by atoms with Gasteiger partial charge in [-0.3, -0.25) is 9.43 Å². The standard InChI is InChI=1S/C12H34N2Si3/c1-10-17(11-2,12-3)14(16(7,8)9)13-15(4,5)6/h13H,10-12H2,1-9H3. The Labute approximate surface area is 112 Å². The summed E-state index contributed by atoms with van der Waals surface area (Å²) in [6, 6.07) is 4.13. The molecule has 2 nitrogen and oxygen atoms in total. The van der Waals surface area contributed by atoms with Crippen molar-refractivity contribution in [2.45, 2.75) is 78.2 Å². The molecule has 0 radical (unpaired) electrons. The van der Waals surface area contributed by atoms with Crippen LogP contribution in [0.4, 0.5) is 0 Å². The lowest BCUT2D eigenvalue weighted by Gasteiger charge is -2.51. The Kier molecular flexibility index (Phi) is 6.35. The van der Waals surface area contributed by atoms with Gasteiger partial charge in [-0.15, -0.1) is 0 Å². The van der Waals surface area contributed by atoms with Gasteiger partial charge >= 0.3 is 0 Å². The van der Waals surface area contributed by atoms with Gasteiger partial charge < -0.3 is 0 Å². The average molecular weight is 291 g/mol. The van der Waals surface area contributed by atoms with Crippen LogP contribution in [-0.2, 0) is 0 Å². The van der Waals surface area contributed by atoms with Crippen LogP contribution in [0.5, 0.6) is 0 Å². The first-order valence-electron chi connectivity index (χ1n) is 7.10. The fraction of sp³-hybridized carbons (Fsp3) is 1.00. The zero-order valence-corrected chi connectivity index (χ0v) is 16.6. The summed E-state index contributed by atoms with van der Waals surface area (Å²) in [5, 5.41) is 3.99. The first-order valence-corrected chi connectivity index (χ1v) is 16.6. The molecule has 5 heteroatoms. The molecule has 0 saturated heterocycles. The Balaban J connectivity index is 5.30.